The Balaban J connectivity index is 1.85. The van der Waals surface area contributed by atoms with Gasteiger partial charge in [-0.25, -0.2) is 0 Å². The second kappa shape index (κ2) is 14.1. The normalized spacial score (nSPS) is 12.6. The fraction of sp³-hybridized carbons (Fsp3) is 0.333. The van der Waals surface area contributed by atoms with Crippen LogP contribution in [0.4, 0.5) is 0 Å². The molecule has 3 aromatic carbocycles. The van der Waals surface area contributed by atoms with Crippen LogP contribution in [0.5, 0.6) is 0 Å². The Kier molecular flexibility index (Phi) is 10.9. The molecule has 36 heavy (non-hydrogen) atoms. The summed E-state index contributed by atoms with van der Waals surface area (Å²) in [7, 11) is 0. The molecule has 3 rings (SSSR count). The number of hydrogen-bond acceptors (Lipinski definition) is 3. The van der Waals surface area contributed by atoms with Gasteiger partial charge in [0.05, 0.1) is 5.75 Å². The number of aryl methyl sites for hydroxylation is 1. The molecule has 1 N–H and O–H groups in total. The third kappa shape index (κ3) is 8.72. The van der Waals surface area contributed by atoms with Crippen molar-refractivity contribution in [2.24, 2.45) is 0 Å². The van der Waals surface area contributed by atoms with Crippen LogP contribution >= 0.6 is 23.4 Å². The number of benzene rings is 3. The average Bonchev–Trinajstić information content (AvgIpc) is 2.87. The van der Waals surface area contributed by atoms with Crippen LogP contribution in [0.15, 0.2) is 78.9 Å². The van der Waals surface area contributed by atoms with Crippen LogP contribution in [0.25, 0.3) is 0 Å². The largest absolute Gasteiger partial charge is 0.352 e. The zero-order valence-corrected chi connectivity index (χ0v) is 22.8. The summed E-state index contributed by atoms with van der Waals surface area (Å²) >= 11 is 7.81. The Morgan fingerprint density at radius 3 is 2.31 bits per heavy atom. The molecule has 0 aliphatic rings. The molecule has 0 aliphatic carbocycles. The van der Waals surface area contributed by atoms with Crippen molar-refractivity contribution >= 4 is 35.2 Å². The molecule has 4 nitrogen and oxygen atoms in total. The molecule has 0 aliphatic heterocycles. The lowest BCUT2D eigenvalue weighted by molar-refractivity contribution is -0.139. The van der Waals surface area contributed by atoms with Crippen LogP contribution in [0, 0.1) is 6.92 Å². The maximum atomic E-state index is 13.7. The van der Waals surface area contributed by atoms with E-state index < -0.39 is 6.04 Å². The summed E-state index contributed by atoms with van der Waals surface area (Å²) in [5.41, 5.74) is 4.30. The number of nitrogens with zero attached hydrogens (tertiary/aromatic N) is 1. The Morgan fingerprint density at radius 1 is 0.944 bits per heavy atom. The van der Waals surface area contributed by atoms with Crippen molar-refractivity contribution in [2.75, 3.05) is 5.75 Å². The summed E-state index contributed by atoms with van der Waals surface area (Å²) in [6.45, 7) is 6.40. The van der Waals surface area contributed by atoms with Gasteiger partial charge in [-0.1, -0.05) is 90.8 Å². The van der Waals surface area contributed by atoms with Gasteiger partial charge in [-0.05, 0) is 49.1 Å². The molecule has 0 unspecified atom stereocenters. The molecular weight excluding hydrogens is 488 g/mol. The van der Waals surface area contributed by atoms with Gasteiger partial charge in [0.15, 0.2) is 0 Å². The van der Waals surface area contributed by atoms with Gasteiger partial charge in [0.1, 0.15) is 6.04 Å². The molecule has 0 spiro atoms. The number of hydrogen-bond donors (Lipinski definition) is 1. The fourth-order valence-electron chi connectivity index (χ4n) is 3.85. The standard InChI is InChI=1S/C30H35ClN2O2S/c1-4-23(3)32-30(35)28(18-24-9-6-5-7-10-24)33(19-26-11-8-12-27(31)17-26)29(34)21-36-20-25-15-13-22(2)14-16-25/h5-17,23,28H,4,18-21H2,1-3H3,(H,32,35)/t23-,28+/m1/s1. The molecule has 0 fully saturated rings. The Hall–Kier alpha value is -2.76. The SMILES string of the molecule is CC[C@@H](C)NC(=O)[C@H](Cc1ccccc1)N(Cc1cccc(Cl)c1)C(=O)CSCc1ccc(C)cc1. The van der Waals surface area contributed by atoms with Gasteiger partial charge in [0, 0.05) is 29.8 Å². The summed E-state index contributed by atoms with van der Waals surface area (Å²) in [6.07, 6.45) is 1.26. The molecule has 6 heteroatoms. The van der Waals surface area contributed by atoms with Crippen molar-refractivity contribution in [3.05, 3.63) is 106 Å². The highest BCUT2D eigenvalue weighted by molar-refractivity contribution is 7.99. The first-order valence-electron chi connectivity index (χ1n) is 12.4. The Labute approximate surface area is 224 Å². The molecule has 0 bridgehead atoms. The molecule has 0 saturated carbocycles. The van der Waals surface area contributed by atoms with Crippen molar-refractivity contribution in [1.29, 1.82) is 0 Å². The second-order valence-electron chi connectivity index (χ2n) is 9.15. The van der Waals surface area contributed by atoms with Crippen molar-refractivity contribution < 1.29 is 9.59 Å². The number of amides is 2. The summed E-state index contributed by atoms with van der Waals surface area (Å²) < 4.78 is 0. The van der Waals surface area contributed by atoms with E-state index in [2.05, 4.69) is 36.5 Å². The van der Waals surface area contributed by atoms with Crippen LogP contribution in [0.3, 0.4) is 0 Å². The van der Waals surface area contributed by atoms with Crippen molar-refractivity contribution in [3.63, 3.8) is 0 Å². The van der Waals surface area contributed by atoms with E-state index in [1.807, 2.05) is 68.4 Å². The molecule has 0 aromatic heterocycles. The lowest BCUT2D eigenvalue weighted by Gasteiger charge is -2.32. The van der Waals surface area contributed by atoms with E-state index in [0.29, 0.717) is 18.0 Å². The van der Waals surface area contributed by atoms with Crippen molar-refractivity contribution in [2.45, 2.75) is 58.0 Å². The topological polar surface area (TPSA) is 49.4 Å². The average molecular weight is 523 g/mol. The van der Waals surface area contributed by atoms with E-state index in [1.54, 1.807) is 16.7 Å². The van der Waals surface area contributed by atoms with Crippen LogP contribution in [-0.4, -0.2) is 34.6 Å². The van der Waals surface area contributed by atoms with Gasteiger partial charge in [-0.2, -0.15) is 0 Å². The third-order valence-corrected chi connectivity index (χ3v) is 7.35. The van der Waals surface area contributed by atoms with Crippen LogP contribution in [0.1, 0.15) is 42.5 Å². The molecule has 0 saturated heterocycles. The van der Waals surface area contributed by atoms with Crippen molar-refractivity contribution in [1.82, 2.24) is 10.2 Å². The lowest BCUT2D eigenvalue weighted by atomic mass is 10.0. The highest BCUT2D eigenvalue weighted by Crippen LogP contribution is 2.20. The zero-order valence-electron chi connectivity index (χ0n) is 21.2. The van der Waals surface area contributed by atoms with E-state index in [9.17, 15) is 9.59 Å². The Bertz CT molecular complexity index is 1120. The van der Waals surface area contributed by atoms with E-state index in [-0.39, 0.29) is 23.6 Å². The van der Waals surface area contributed by atoms with Gasteiger partial charge < -0.3 is 10.2 Å². The number of nitrogens with one attached hydrogen (secondary N) is 1. The fourth-order valence-corrected chi connectivity index (χ4v) is 4.93. The smallest absolute Gasteiger partial charge is 0.243 e. The van der Waals surface area contributed by atoms with Crippen LogP contribution in [-0.2, 0) is 28.3 Å². The highest BCUT2D eigenvalue weighted by atomic mass is 35.5. The Morgan fingerprint density at radius 2 is 1.64 bits per heavy atom. The first-order valence-corrected chi connectivity index (χ1v) is 13.9. The summed E-state index contributed by atoms with van der Waals surface area (Å²) in [6, 6.07) is 25.1. The van der Waals surface area contributed by atoms with E-state index in [1.165, 1.54) is 11.1 Å². The van der Waals surface area contributed by atoms with Gasteiger partial charge in [0.2, 0.25) is 11.8 Å². The van der Waals surface area contributed by atoms with Gasteiger partial charge >= 0.3 is 0 Å². The van der Waals surface area contributed by atoms with Gasteiger partial charge in [0.25, 0.3) is 0 Å². The van der Waals surface area contributed by atoms with Crippen LogP contribution in [0.2, 0.25) is 5.02 Å². The molecule has 3 aromatic rings. The monoisotopic (exact) mass is 522 g/mol. The maximum absolute atomic E-state index is 13.7. The zero-order chi connectivity index (χ0) is 25.9. The van der Waals surface area contributed by atoms with E-state index >= 15 is 0 Å². The minimum atomic E-state index is -0.632. The molecule has 190 valence electrons. The quantitative estimate of drug-likeness (QED) is 0.298. The first-order chi connectivity index (χ1) is 17.4. The van der Waals surface area contributed by atoms with E-state index in [0.717, 1.165) is 23.3 Å². The molecule has 0 radical (unpaired) electrons. The number of rotatable bonds is 12. The second-order valence-corrected chi connectivity index (χ2v) is 10.6. The maximum Gasteiger partial charge on any atom is 0.243 e. The predicted molar refractivity (Wildman–Crippen MR) is 151 cm³/mol. The lowest BCUT2D eigenvalue weighted by Crippen LogP contribution is -2.52. The van der Waals surface area contributed by atoms with Gasteiger partial charge in [-0.15, -0.1) is 11.8 Å². The number of thioether (sulfide) groups is 1. The molecule has 2 atom stereocenters. The molecular formula is C30H35ClN2O2S. The molecule has 2 amide bonds. The predicted octanol–water partition coefficient (Wildman–Crippen LogP) is 6.44. The van der Waals surface area contributed by atoms with Crippen molar-refractivity contribution in [3.8, 4) is 0 Å². The molecule has 0 heterocycles. The summed E-state index contributed by atoms with van der Waals surface area (Å²) in [5, 5.41) is 3.71. The minimum absolute atomic E-state index is 0.0230. The van der Waals surface area contributed by atoms with E-state index in [4.69, 9.17) is 11.6 Å². The summed E-state index contributed by atoms with van der Waals surface area (Å²) in [5.74, 6) is 0.829. The van der Waals surface area contributed by atoms with Crippen LogP contribution < -0.4 is 5.32 Å². The highest BCUT2D eigenvalue weighted by Gasteiger charge is 2.30. The number of halogens is 1. The first kappa shape index (κ1) is 27.8. The summed E-state index contributed by atoms with van der Waals surface area (Å²) in [4.78, 5) is 28.9. The number of carbonyl (C=O) groups is 2. The van der Waals surface area contributed by atoms with Gasteiger partial charge in [-0.3, -0.25) is 9.59 Å². The number of carbonyl (C=O) groups excluding carboxylic acids is 2. The third-order valence-electron chi connectivity index (χ3n) is 6.13. The minimum Gasteiger partial charge on any atom is -0.352 e.